The quantitative estimate of drug-likeness (QED) is 0.869. The molecule has 0 heterocycles. The molecule has 2 rings (SSSR count). The molecule has 2 atom stereocenters. The van der Waals surface area contributed by atoms with Gasteiger partial charge in [-0.05, 0) is 50.5 Å². The van der Waals surface area contributed by atoms with Crippen molar-refractivity contribution in [2.75, 3.05) is 11.9 Å². The van der Waals surface area contributed by atoms with Crippen LogP contribution in [-0.2, 0) is 4.79 Å². The van der Waals surface area contributed by atoms with E-state index in [0.29, 0.717) is 6.61 Å². The van der Waals surface area contributed by atoms with Crippen LogP contribution in [0.3, 0.4) is 0 Å². The highest BCUT2D eigenvalue weighted by Gasteiger charge is 2.26. The second-order valence-corrected chi connectivity index (χ2v) is 6.16. The zero-order chi connectivity index (χ0) is 15.9. The van der Waals surface area contributed by atoms with Gasteiger partial charge in [0.25, 0.3) is 0 Å². The molecule has 0 aromatic heterocycles. The monoisotopic (exact) mass is 340 g/mol. The molecule has 3 N–H and O–H groups in total. The lowest BCUT2D eigenvalue weighted by molar-refractivity contribution is -0.120. The highest BCUT2D eigenvalue weighted by atomic mass is 35.5. The van der Waals surface area contributed by atoms with E-state index in [-0.39, 0.29) is 30.3 Å². The van der Waals surface area contributed by atoms with Crippen LogP contribution in [0.15, 0.2) is 18.2 Å². The highest BCUT2D eigenvalue weighted by Crippen LogP contribution is 2.25. The van der Waals surface area contributed by atoms with Gasteiger partial charge in [-0.25, -0.2) is 0 Å². The molecule has 1 aliphatic carbocycles. The molecule has 1 aliphatic rings. The lowest BCUT2D eigenvalue weighted by Gasteiger charge is -2.25. The Morgan fingerprint density at radius 1 is 1.26 bits per heavy atom. The van der Waals surface area contributed by atoms with Crippen LogP contribution in [0.4, 0.5) is 5.69 Å². The number of rotatable bonds is 4. The molecule has 2 unspecified atom stereocenters. The molecular formula is C18H29ClN2O2. The number of amides is 1. The molecule has 1 aromatic rings. The Morgan fingerprint density at radius 3 is 2.61 bits per heavy atom. The number of carbonyl (C=O) groups is 1. The molecule has 1 saturated carbocycles. The average molecular weight is 341 g/mol. The van der Waals surface area contributed by atoms with E-state index in [9.17, 15) is 4.79 Å². The van der Waals surface area contributed by atoms with E-state index in [0.717, 1.165) is 42.7 Å². The van der Waals surface area contributed by atoms with E-state index in [1.54, 1.807) is 0 Å². The number of benzene rings is 1. The summed E-state index contributed by atoms with van der Waals surface area (Å²) in [5.41, 5.74) is 8.09. The Labute approximate surface area is 145 Å². The molecule has 0 bridgehead atoms. The van der Waals surface area contributed by atoms with Crippen molar-refractivity contribution in [3.05, 3.63) is 23.8 Å². The molecule has 4 nitrogen and oxygen atoms in total. The number of nitrogens with two attached hydrogens (primary N) is 1. The smallest absolute Gasteiger partial charge is 0.229 e. The Bertz CT molecular complexity index is 508. The number of anilines is 1. The summed E-state index contributed by atoms with van der Waals surface area (Å²) in [6.07, 6.45) is 6.50. The standard InChI is InChI=1S/C18H28N2O2.ClH/c1-3-22-14-10-11-17(13(2)12-14)20-18(21)15-8-6-4-5-7-9-16(15)19;/h10-12,15-16H,3-9,19H2,1-2H3,(H,20,21);1H. The maximum atomic E-state index is 12.6. The molecule has 5 heteroatoms. The van der Waals surface area contributed by atoms with Gasteiger partial charge < -0.3 is 15.8 Å². The molecule has 1 amide bonds. The summed E-state index contributed by atoms with van der Waals surface area (Å²) in [4.78, 5) is 12.6. The lowest BCUT2D eigenvalue weighted by Crippen LogP contribution is -2.39. The second kappa shape index (κ2) is 9.78. The summed E-state index contributed by atoms with van der Waals surface area (Å²) >= 11 is 0. The number of ether oxygens (including phenoxy) is 1. The van der Waals surface area contributed by atoms with Gasteiger partial charge in [0.15, 0.2) is 0 Å². The van der Waals surface area contributed by atoms with E-state index in [1.165, 1.54) is 12.8 Å². The molecule has 0 aliphatic heterocycles. The Kier molecular flexibility index (Phi) is 8.42. The summed E-state index contributed by atoms with van der Waals surface area (Å²) in [5.74, 6) is 0.814. The summed E-state index contributed by atoms with van der Waals surface area (Å²) < 4.78 is 5.48. The van der Waals surface area contributed by atoms with Gasteiger partial charge in [-0.3, -0.25) is 4.79 Å². The first-order chi connectivity index (χ1) is 10.6. The maximum Gasteiger partial charge on any atom is 0.229 e. The zero-order valence-corrected chi connectivity index (χ0v) is 15.0. The van der Waals surface area contributed by atoms with Gasteiger partial charge in [0.2, 0.25) is 5.91 Å². The van der Waals surface area contributed by atoms with Crippen molar-refractivity contribution in [3.8, 4) is 5.75 Å². The van der Waals surface area contributed by atoms with Crippen LogP contribution in [-0.4, -0.2) is 18.6 Å². The molecular weight excluding hydrogens is 312 g/mol. The van der Waals surface area contributed by atoms with Gasteiger partial charge in [0, 0.05) is 11.7 Å². The molecule has 0 saturated heterocycles. The Balaban J connectivity index is 0.00000264. The van der Waals surface area contributed by atoms with E-state index in [1.807, 2.05) is 32.0 Å². The molecule has 0 spiro atoms. The third-order valence-electron chi connectivity index (χ3n) is 4.42. The van der Waals surface area contributed by atoms with E-state index < -0.39 is 0 Å². The summed E-state index contributed by atoms with van der Waals surface area (Å²) in [6.45, 7) is 4.58. The van der Waals surface area contributed by atoms with Crippen LogP contribution in [0.25, 0.3) is 0 Å². The summed E-state index contributed by atoms with van der Waals surface area (Å²) in [5, 5.41) is 3.05. The maximum absolute atomic E-state index is 12.6. The number of carbonyl (C=O) groups excluding carboxylic acids is 1. The first-order valence-electron chi connectivity index (χ1n) is 8.41. The first kappa shape index (κ1) is 19.8. The Hall–Kier alpha value is -1.26. The normalized spacial score (nSPS) is 21.5. The van der Waals surface area contributed by atoms with Gasteiger partial charge in [0.05, 0.1) is 12.5 Å². The molecule has 0 radical (unpaired) electrons. The number of hydrogen-bond donors (Lipinski definition) is 2. The number of hydrogen-bond acceptors (Lipinski definition) is 3. The number of halogens is 1. The van der Waals surface area contributed by atoms with Crippen LogP contribution in [0.5, 0.6) is 5.75 Å². The van der Waals surface area contributed by atoms with E-state index in [2.05, 4.69) is 5.32 Å². The fourth-order valence-corrected chi connectivity index (χ4v) is 3.10. The third kappa shape index (κ3) is 5.70. The second-order valence-electron chi connectivity index (χ2n) is 6.16. The van der Waals surface area contributed by atoms with Gasteiger partial charge >= 0.3 is 0 Å². The van der Waals surface area contributed by atoms with Crippen LogP contribution >= 0.6 is 12.4 Å². The SMILES string of the molecule is CCOc1ccc(NC(=O)C2CCCCCCC2N)c(C)c1.Cl. The number of aryl methyl sites for hydroxylation is 1. The van der Waals surface area contributed by atoms with Crippen LogP contribution in [0.2, 0.25) is 0 Å². The molecule has 1 aromatic carbocycles. The van der Waals surface area contributed by atoms with Gasteiger partial charge in [-0.15, -0.1) is 12.4 Å². The van der Waals surface area contributed by atoms with Gasteiger partial charge in [-0.1, -0.05) is 25.7 Å². The largest absolute Gasteiger partial charge is 0.494 e. The van der Waals surface area contributed by atoms with Gasteiger partial charge in [0.1, 0.15) is 5.75 Å². The summed E-state index contributed by atoms with van der Waals surface area (Å²) in [7, 11) is 0. The minimum Gasteiger partial charge on any atom is -0.494 e. The van der Waals surface area contributed by atoms with Crippen molar-refractivity contribution < 1.29 is 9.53 Å². The summed E-state index contributed by atoms with van der Waals surface area (Å²) in [6, 6.07) is 5.73. The van der Waals surface area contributed by atoms with Crippen LogP contribution in [0.1, 0.15) is 51.0 Å². The number of nitrogens with one attached hydrogen (secondary N) is 1. The van der Waals surface area contributed by atoms with Crippen molar-refractivity contribution >= 4 is 24.0 Å². The van der Waals surface area contributed by atoms with Crippen molar-refractivity contribution in [1.29, 1.82) is 0 Å². The van der Waals surface area contributed by atoms with E-state index in [4.69, 9.17) is 10.5 Å². The van der Waals surface area contributed by atoms with Crippen LogP contribution < -0.4 is 15.8 Å². The van der Waals surface area contributed by atoms with Crippen molar-refractivity contribution in [3.63, 3.8) is 0 Å². The molecule has 1 fully saturated rings. The minimum atomic E-state index is -0.0775. The van der Waals surface area contributed by atoms with Crippen molar-refractivity contribution in [2.45, 2.75) is 58.4 Å². The fraction of sp³-hybridized carbons (Fsp3) is 0.611. The third-order valence-corrected chi connectivity index (χ3v) is 4.42. The minimum absolute atomic E-state index is 0. The van der Waals surface area contributed by atoms with Crippen molar-refractivity contribution in [2.24, 2.45) is 11.7 Å². The van der Waals surface area contributed by atoms with Crippen molar-refractivity contribution in [1.82, 2.24) is 0 Å². The zero-order valence-electron chi connectivity index (χ0n) is 14.1. The fourth-order valence-electron chi connectivity index (χ4n) is 3.10. The van der Waals surface area contributed by atoms with E-state index >= 15 is 0 Å². The lowest BCUT2D eigenvalue weighted by atomic mass is 9.86. The Morgan fingerprint density at radius 2 is 1.96 bits per heavy atom. The topological polar surface area (TPSA) is 64.3 Å². The molecule has 23 heavy (non-hydrogen) atoms. The highest BCUT2D eigenvalue weighted by molar-refractivity contribution is 5.93. The van der Waals surface area contributed by atoms with Gasteiger partial charge in [-0.2, -0.15) is 0 Å². The molecule has 130 valence electrons. The average Bonchev–Trinajstić information content (AvgIpc) is 2.46. The first-order valence-corrected chi connectivity index (χ1v) is 8.41. The predicted octanol–water partition coefficient (Wildman–Crippen LogP) is 4.05. The predicted molar refractivity (Wildman–Crippen MR) is 97.4 cm³/mol. The van der Waals surface area contributed by atoms with Crippen LogP contribution in [0, 0.1) is 12.8 Å².